The predicted molar refractivity (Wildman–Crippen MR) is 353 cm³/mol. The number of anilines is 2. The van der Waals surface area contributed by atoms with Gasteiger partial charge in [-0.3, -0.25) is 0 Å². The Morgan fingerprint density at radius 3 is 0.750 bits per heavy atom. The Bertz CT molecular complexity index is 2030. The van der Waals surface area contributed by atoms with Crippen LogP contribution >= 0.6 is 136 Å². The van der Waals surface area contributed by atoms with Crippen LogP contribution in [-0.4, -0.2) is 72.5 Å². The van der Waals surface area contributed by atoms with E-state index in [9.17, 15) is 28.8 Å². The smallest absolute Gasteiger partial charge is 0.340 e. The van der Waals surface area contributed by atoms with Crippen LogP contribution in [0.5, 0.6) is 0 Å². The molecule has 0 unspecified atom stereocenters. The van der Waals surface area contributed by atoms with E-state index >= 15 is 0 Å². The number of carbonyl (C=O) groups is 6. The molecule has 3 aromatic rings. The molecule has 14 nitrogen and oxygen atoms in total. The van der Waals surface area contributed by atoms with Crippen LogP contribution in [0.25, 0.3) is 0 Å². The number of nitrogens with two attached hydrogens (primary N) is 2. The van der Waals surface area contributed by atoms with E-state index in [0.29, 0.717) is 81.5 Å². The van der Waals surface area contributed by atoms with Gasteiger partial charge in [0.1, 0.15) is 0 Å². The average Bonchev–Trinajstić information content (AvgIpc) is 3.39. The van der Waals surface area contributed by atoms with Crippen molar-refractivity contribution in [3.8, 4) is 0 Å². The highest BCUT2D eigenvalue weighted by molar-refractivity contribution is 14.1. The minimum Gasteiger partial charge on any atom is -0.478 e. The number of hydrogen-bond donors (Lipinski definition) is 4. The van der Waals surface area contributed by atoms with Gasteiger partial charge in [-0.25, -0.2) is 28.8 Å². The fraction of sp³-hybridized carbons (Fsp3) is 0.571. The molecule has 0 saturated heterocycles. The van der Waals surface area contributed by atoms with Crippen molar-refractivity contribution in [2.45, 2.75) is 182 Å². The third-order valence-corrected chi connectivity index (χ3v) is 18.5. The van der Waals surface area contributed by atoms with E-state index in [1.165, 1.54) is 101 Å². The number of benzene rings is 3. The van der Waals surface area contributed by atoms with Gasteiger partial charge in [0, 0.05) is 7.14 Å². The summed E-state index contributed by atoms with van der Waals surface area (Å²) in [7, 11) is 0. The van der Waals surface area contributed by atoms with Gasteiger partial charge in [0.05, 0.1) is 85.5 Å². The van der Waals surface area contributed by atoms with Gasteiger partial charge in [-0.15, -0.1) is 0 Å². The van der Waals surface area contributed by atoms with Gasteiger partial charge in [-0.2, -0.15) is 0 Å². The molecule has 3 aromatic carbocycles. The predicted octanol–water partition coefficient (Wildman–Crippen LogP) is 17.3. The molecule has 20 heteroatoms. The topological polar surface area (TPSA) is 232 Å². The standard InChI is InChI=1S/2C24H36I3NO4.C8H6O4/c2*1-3-5-7-9-11-13-15-31-23(29)17-19(25)18(21(27)22(28)20(17)26)24(30)32-16-14-12-10-8-6-4-2;9-7(10)5-3-1-2-4-6(5)8(11)12/h2*3-16,28H2,1-2H3;1-4H,(H,9,10)(H,11,12). The maximum absolute atomic E-state index is 12.8. The Balaban J connectivity index is 0.000000624. The summed E-state index contributed by atoms with van der Waals surface area (Å²) in [6.45, 7) is 10.3. The largest absolute Gasteiger partial charge is 0.478 e. The lowest BCUT2D eigenvalue weighted by Gasteiger charge is -2.16. The van der Waals surface area contributed by atoms with Gasteiger partial charge in [-0.05, 0) is 173 Å². The maximum Gasteiger partial charge on any atom is 0.340 e. The lowest BCUT2D eigenvalue weighted by atomic mass is 10.1. The Morgan fingerprint density at radius 1 is 0.355 bits per heavy atom. The van der Waals surface area contributed by atoms with Crippen molar-refractivity contribution in [1.29, 1.82) is 0 Å². The number of rotatable bonds is 34. The summed E-state index contributed by atoms with van der Waals surface area (Å²) in [5.74, 6) is -4.18. The van der Waals surface area contributed by atoms with Crippen molar-refractivity contribution in [2.24, 2.45) is 0 Å². The highest BCUT2D eigenvalue weighted by Gasteiger charge is 2.30. The molecule has 0 aliphatic heterocycles. The van der Waals surface area contributed by atoms with E-state index in [1.807, 2.05) is 45.2 Å². The number of carboxylic acids is 2. The fourth-order valence-corrected chi connectivity index (χ4v) is 15.5. The quantitative estimate of drug-likeness (QED) is 0.0143. The summed E-state index contributed by atoms with van der Waals surface area (Å²) < 4.78 is 25.6. The lowest BCUT2D eigenvalue weighted by Crippen LogP contribution is -2.19. The fourth-order valence-electron chi connectivity index (χ4n) is 7.42. The van der Waals surface area contributed by atoms with E-state index in [0.717, 1.165) is 77.0 Å². The molecule has 0 amide bonds. The number of carbonyl (C=O) groups excluding carboxylic acids is 4. The summed E-state index contributed by atoms with van der Waals surface area (Å²) in [6, 6.07) is 5.48. The third-order valence-electron chi connectivity index (χ3n) is 11.8. The first kappa shape index (κ1) is 72.5. The first-order chi connectivity index (χ1) is 36.3. The molecule has 426 valence electrons. The molecule has 3 rings (SSSR count). The van der Waals surface area contributed by atoms with E-state index < -0.39 is 35.8 Å². The number of ether oxygens (including phenoxy) is 4. The monoisotopic (exact) mass is 1730 g/mol. The van der Waals surface area contributed by atoms with Crippen molar-refractivity contribution in [2.75, 3.05) is 37.9 Å². The van der Waals surface area contributed by atoms with Gasteiger partial charge in [0.2, 0.25) is 0 Å². The minimum absolute atomic E-state index is 0.190. The van der Waals surface area contributed by atoms with Gasteiger partial charge in [0.15, 0.2) is 0 Å². The van der Waals surface area contributed by atoms with Crippen LogP contribution in [0.3, 0.4) is 0 Å². The molecule has 0 fully saturated rings. The zero-order valence-electron chi connectivity index (χ0n) is 44.5. The highest BCUT2D eigenvalue weighted by Crippen LogP contribution is 2.36. The van der Waals surface area contributed by atoms with Gasteiger partial charge >= 0.3 is 35.8 Å². The molecule has 0 aliphatic rings. The number of esters is 4. The molecule has 0 aromatic heterocycles. The molecule has 76 heavy (non-hydrogen) atoms. The number of unbranched alkanes of at least 4 members (excludes halogenated alkanes) is 20. The zero-order valence-corrected chi connectivity index (χ0v) is 57.5. The molecule has 0 spiro atoms. The molecule has 0 bridgehead atoms. The van der Waals surface area contributed by atoms with Crippen LogP contribution in [0.1, 0.15) is 244 Å². The summed E-state index contributed by atoms with van der Waals surface area (Å²) >= 11 is 12.3. The summed E-state index contributed by atoms with van der Waals surface area (Å²) in [5.41, 5.74) is 14.4. The first-order valence-corrected chi connectivity index (χ1v) is 33.0. The molecule has 0 atom stereocenters. The van der Waals surface area contributed by atoms with Crippen LogP contribution in [0.4, 0.5) is 11.4 Å². The van der Waals surface area contributed by atoms with Crippen LogP contribution < -0.4 is 11.5 Å². The Kier molecular flexibility index (Phi) is 41.2. The SMILES string of the molecule is CCCCCCCCOC(=O)c1c(I)c(N)c(I)c(C(=O)OCCCCCCCC)c1I.CCCCCCCCOC(=O)c1c(I)c(N)c(I)c(C(=O)OCCCCCCCC)c1I.O=C(O)c1ccccc1C(=O)O. The normalized spacial score (nSPS) is 10.7. The number of halogens is 6. The minimum atomic E-state index is -1.23. The van der Waals surface area contributed by atoms with Crippen molar-refractivity contribution in [3.05, 3.63) is 79.1 Å². The molecule has 0 saturated carbocycles. The van der Waals surface area contributed by atoms with Crippen LogP contribution in [0.15, 0.2) is 24.3 Å². The third kappa shape index (κ3) is 26.8. The number of aromatic carboxylic acids is 2. The lowest BCUT2D eigenvalue weighted by molar-refractivity contribution is 0.0474. The molecule has 0 radical (unpaired) electrons. The van der Waals surface area contributed by atoms with E-state index in [2.05, 4.69) is 118 Å². The number of carboxylic acid groups (broad SMARTS) is 2. The van der Waals surface area contributed by atoms with E-state index in [-0.39, 0.29) is 11.1 Å². The van der Waals surface area contributed by atoms with Crippen molar-refractivity contribution >= 4 is 183 Å². The average molecular weight is 1730 g/mol. The first-order valence-electron chi connectivity index (χ1n) is 26.5. The van der Waals surface area contributed by atoms with E-state index in [4.69, 9.17) is 40.6 Å². The summed E-state index contributed by atoms with van der Waals surface area (Å²) in [5, 5.41) is 17.1. The maximum atomic E-state index is 12.8. The van der Waals surface area contributed by atoms with Crippen molar-refractivity contribution < 1.29 is 57.9 Å². The Hall–Kier alpha value is -1.54. The Morgan fingerprint density at radius 2 is 0.553 bits per heavy atom. The van der Waals surface area contributed by atoms with Crippen LogP contribution in [-0.2, 0) is 18.9 Å². The number of nitrogen functional groups attached to an aromatic ring is 2. The zero-order chi connectivity index (χ0) is 57.0. The molecule has 0 aliphatic carbocycles. The van der Waals surface area contributed by atoms with Crippen molar-refractivity contribution in [1.82, 2.24) is 0 Å². The second kappa shape index (κ2) is 43.2. The second-order valence-corrected chi connectivity index (χ2v) is 24.5. The van der Waals surface area contributed by atoms with Gasteiger partial charge < -0.3 is 40.6 Å². The van der Waals surface area contributed by atoms with Crippen LogP contribution in [0, 0.1) is 21.4 Å². The summed E-state index contributed by atoms with van der Waals surface area (Å²) in [6.07, 6.45) is 26.9. The highest BCUT2D eigenvalue weighted by atomic mass is 127. The van der Waals surface area contributed by atoms with Gasteiger partial charge in [0.25, 0.3) is 0 Å². The second-order valence-electron chi connectivity index (χ2n) is 18.0. The van der Waals surface area contributed by atoms with E-state index in [1.54, 1.807) is 0 Å². The molecular weight excluding hydrogens is 1650 g/mol. The molecular formula is C56H78I6N2O12. The molecule has 6 N–H and O–H groups in total. The van der Waals surface area contributed by atoms with Crippen LogP contribution in [0.2, 0.25) is 0 Å². The van der Waals surface area contributed by atoms with Gasteiger partial charge in [-0.1, -0.05) is 168 Å². The summed E-state index contributed by atoms with van der Waals surface area (Å²) in [4.78, 5) is 72.1. The Labute approximate surface area is 533 Å². The molecule has 0 heterocycles. The number of hydrogen-bond acceptors (Lipinski definition) is 12. The van der Waals surface area contributed by atoms with Crippen molar-refractivity contribution in [3.63, 3.8) is 0 Å².